The van der Waals surface area contributed by atoms with E-state index in [-0.39, 0.29) is 103 Å². The van der Waals surface area contributed by atoms with Crippen molar-refractivity contribution in [2.75, 3.05) is 0 Å². The Bertz CT molecular complexity index is 280. The van der Waals surface area contributed by atoms with Crippen molar-refractivity contribution < 1.29 is 39.9 Å². The number of carboxylic acids is 3. The Morgan fingerprint density at radius 3 is 1.62 bits per heavy atom. The summed E-state index contributed by atoms with van der Waals surface area (Å²) < 4.78 is 0. The molecule has 84 valence electrons. The van der Waals surface area contributed by atoms with Crippen LogP contribution >= 0.6 is 0 Å². The van der Waals surface area contributed by atoms with Gasteiger partial charge in [0.05, 0.1) is 6.42 Å². The molecular weight excluding hydrogens is 278 g/mol. The molecule has 2 unspecified atom stereocenters. The molecule has 0 rings (SSSR count). The summed E-state index contributed by atoms with van der Waals surface area (Å²) in [5.41, 5.74) is -3.22. The van der Waals surface area contributed by atoms with Gasteiger partial charge in [-0.1, -0.05) is 0 Å². The van der Waals surface area contributed by atoms with E-state index in [1.807, 2.05) is 0 Å². The second kappa shape index (κ2) is 9.52. The summed E-state index contributed by atoms with van der Waals surface area (Å²) in [4.78, 5) is 30.7. The quantitative estimate of drug-likeness (QED) is 0.326. The maximum absolute atomic E-state index is 10.4. The first-order chi connectivity index (χ1) is 6.21. The summed E-state index contributed by atoms with van der Waals surface area (Å²) in [6.45, 7) is 0. The number of aliphatic carboxylic acids is 3. The van der Waals surface area contributed by atoms with Gasteiger partial charge < -0.3 is 25.5 Å². The van der Waals surface area contributed by atoms with E-state index in [2.05, 4.69) is 0 Å². The van der Waals surface area contributed by atoms with Gasteiger partial charge in [-0.25, -0.2) is 9.59 Å². The van der Waals surface area contributed by atoms with Crippen LogP contribution in [-0.4, -0.2) is 158 Å². The maximum atomic E-state index is 10.4. The average Bonchev–Trinajstić information content (AvgIpc) is 2.00. The van der Waals surface area contributed by atoms with Crippen molar-refractivity contribution in [2.45, 2.75) is 18.1 Å². The van der Waals surface area contributed by atoms with Crippen LogP contribution in [-0.2, 0) is 14.4 Å². The molecule has 0 aliphatic rings. The summed E-state index contributed by atoms with van der Waals surface area (Å²) in [6, 6.07) is 0. The molecule has 8 nitrogen and oxygen atoms in total. The van der Waals surface area contributed by atoms with E-state index in [4.69, 9.17) is 25.5 Å². The number of aliphatic hydroxyl groups is 2. The van der Waals surface area contributed by atoms with Crippen molar-refractivity contribution >= 4 is 121 Å². The molecule has 0 fully saturated rings. The van der Waals surface area contributed by atoms with Crippen LogP contribution in [0.3, 0.4) is 0 Å². The summed E-state index contributed by atoms with van der Waals surface area (Å²) >= 11 is 0. The van der Waals surface area contributed by atoms with E-state index in [1.165, 1.54) is 0 Å². The Labute approximate surface area is 175 Å². The molecule has 5 N–H and O–H groups in total. The average molecular weight is 288 g/mol. The first-order valence-electron chi connectivity index (χ1n) is 3.30. The topological polar surface area (TPSA) is 152 Å². The van der Waals surface area contributed by atoms with Crippen LogP contribution in [0.1, 0.15) is 6.42 Å². The van der Waals surface area contributed by atoms with Crippen LogP contribution in [0.2, 0.25) is 0 Å². The minimum atomic E-state index is -3.22. The zero-order valence-corrected chi connectivity index (χ0v) is 6.75. The molecule has 0 aliphatic heterocycles. The molecule has 0 aromatic rings. The zero-order chi connectivity index (χ0) is 11.5. The minimum absolute atomic E-state index is 0. The molecule has 0 saturated carbocycles. The molecule has 0 spiro atoms. The van der Waals surface area contributed by atoms with Crippen LogP contribution in [0.25, 0.3) is 0 Å². The van der Waals surface area contributed by atoms with Crippen molar-refractivity contribution in [2.24, 2.45) is 0 Å². The van der Waals surface area contributed by atoms with Crippen molar-refractivity contribution in [3.8, 4) is 0 Å². The van der Waals surface area contributed by atoms with Gasteiger partial charge >= 0.3 is 121 Å². The van der Waals surface area contributed by atoms with Crippen LogP contribution in [0, 0.1) is 0 Å². The first kappa shape index (κ1) is 22.8. The Balaban J connectivity index is -0.000000845. The normalized spacial score (nSPS) is 14.6. The first-order valence-corrected chi connectivity index (χ1v) is 3.30. The molecule has 16 heavy (non-hydrogen) atoms. The second-order valence-corrected chi connectivity index (χ2v) is 2.54. The molecule has 0 aliphatic carbocycles. The number of aliphatic hydroxyl groups excluding tert-OH is 1. The summed E-state index contributed by atoms with van der Waals surface area (Å²) in [7, 11) is 0. The standard InChI is InChI=1S/C6H8O8.2K.2H/c7-2(8)1-6(14,5(12)13)3(9)4(10)11;;;;/h3,9,14H,1H2,(H,7,8)(H,10,11)(H,12,13);;;;. The fourth-order valence-corrected chi connectivity index (χ4v) is 0.724. The molecule has 0 aromatic carbocycles. The second-order valence-electron chi connectivity index (χ2n) is 2.54. The third-order valence-electron chi connectivity index (χ3n) is 1.48. The van der Waals surface area contributed by atoms with E-state index in [1.54, 1.807) is 0 Å². The third-order valence-corrected chi connectivity index (χ3v) is 1.48. The Hall–Kier alpha value is 1.60. The molecule has 0 aromatic heterocycles. The van der Waals surface area contributed by atoms with Crippen molar-refractivity contribution in [3.05, 3.63) is 0 Å². The molecule has 0 saturated heterocycles. The molecule has 2 atom stereocenters. The van der Waals surface area contributed by atoms with Gasteiger partial charge in [0.1, 0.15) is 0 Å². The van der Waals surface area contributed by atoms with Crippen LogP contribution in [0.15, 0.2) is 0 Å². The SMILES string of the molecule is O=C(O)CC(O)(C(=O)O)C(O)C(=O)O.[KH].[KH]. The van der Waals surface area contributed by atoms with E-state index in [0.717, 1.165) is 0 Å². The molecule has 0 radical (unpaired) electrons. The van der Waals surface area contributed by atoms with Crippen LogP contribution in [0.4, 0.5) is 0 Å². The monoisotopic (exact) mass is 288 g/mol. The summed E-state index contributed by atoms with van der Waals surface area (Å²) in [5.74, 6) is -5.87. The zero-order valence-electron chi connectivity index (χ0n) is 6.75. The molecule has 0 amide bonds. The van der Waals surface area contributed by atoms with Gasteiger partial charge in [-0.2, -0.15) is 0 Å². The van der Waals surface area contributed by atoms with Gasteiger partial charge in [-0.3, -0.25) is 4.79 Å². The van der Waals surface area contributed by atoms with Gasteiger partial charge in [0.2, 0.25) is 5.60 Å². The molecular formula is C6H10K2O8. The summed E-state index contributed by atoms with van der Waals surface area (Å²) in [5, 5.41) is 42.6. The Morgan fingerprint density at radius 1 is 1.06 bits per heavy atom. The van der Waals surface area contributed by atoms with Gasteiger partial charge in [0.25, 0.3) is 0 Å². The fraction of sp³-hybridized carbons (Fsp3) is 0.500. The Kier molecular flexibility index (Phi) is 13.5. The molecule has 10 heteroatoms. The summed E-state index contributed by atoms with van der Waals surface area (Å²) in [6.07, 6.45) is -4.11. The van der Waals surface area contributed by atoms with Gasteiger partial charge in [0.15, 0.2) is 6.10 Å². The van der Waals surface area contributed by atoms with E-state index in [9.17, 15) is 14.4 Å². The van der Waals surface area contributed by atoms with Gasteiger partial charge in [-0.05, 0) is 0 Å². The van der Waals surface area contributed by atoms with E-state index in [0.29, 0.717) is 0 Å². The van der Waals surface area contributed by atoms with Crippen LogP contribution in [0.5, 0.6) is 0 Å². The number of carbonyl (C=O) groups is 3. The number of hydrogen-bond acceptors (Lipinski definition) is 5. The van der Waals surface area contributed by atoms with Crippen LogP contribution < -0.4 is 0 Å². The predicted molar refractivity (Wildman–Crippen MR) is 52.8 cm³/mol. The molecule has 0 heterocycles. The number of rotatable bonds is 5. The third kappa shape index (κ3) is 6.51. The number of hydrogen-bond donors (Lipinski definition) is 5. The van der Waals surface area contributed by atoms with Crippen molar-refractivity contribution in [1.29, 1.82) is 0 Å². The molecule has 0 bridgehead atoms. The number of carboxylic acid groups (broad SMARTS) is 3. The van der Waals surface area contributed by atoms with Crippen molar-refractivity contribution in [3.63, 3.8) is 0 Å². The predicted octanol–water partition coefficient (Wildman–Crippen LogP) is -3.57. The fourth-order valence-electron chi connectivity index (χ4n) is 0.724. The van der Waals surface area contributed by atoms with Crippen molar-refractivity contribution in [1.82, 2.24) is 0 Å². The Morgan fingerprint density at radius 2 is 1.44 bits per heavy atom. The van der Waals surface area contributed by atoms with Gasteiger partial charge in [-0.15, -0.1) is 0 Å². The van der Waals surface area contributed by atoms with E-state index >= 15 is 0 Å². The van der Waals surface area contributed by atoms with E-state index < -0.39 is 36.0 Å². The van der Waals surface area contributed by atoms with Gasteiger partial charge in [0, 0.05) is 0 Å².